The molecule has 0 aliphatic carbocycles. The van der Waals surface area contributed by atoms with E-state index >= 15 is 0 Å². The molecule has 1 amide bonds. The van der Waals surface area contributed by atoms with Crippen LogP contribution in [0.1, 0.15) is 59.2 Å². The van der Waals surface area contributed by atoms with Crippen molar-refractivity contribution in [3.05, 3.63) is 119 Å². The van der Waals surface area contributed by atoms with Crippen molar-refractivity contribution in [2.24, 2.45) is 0 Å². The molecular formula is C34H34FN5O2. The number of benzene rings is 2. The summed E-state index contributed by atoms with van der Waals surface area (Å²) < 4.78 is 13.4. The Hall–Kier alpha value is -4.56. The molecule has 2 aromatic carbocycles. The highest BCUT2D eigenvalue weighted by Gasteiger charge is 2.38. The maximum Gasteiger partial charge on any atom is 0.274 e. The number of pyridine rings is 1. The number of nitrogens with zero attached hydrogens (tertiary/aromatic N) is 4. The molecule has 4 aromatic rings. The number of rotatable bonds is 7. The van der Waals surface area contributed by atoms with Crippen molar-refractivity contribution >= 4 is 16.9 Å². The maximum atomic E-state index is 13.9. The van der Waals surface area contributed by atoms with Gasteiger partial charge in [-0.2, -0.15) is 0 Å². The summed E-state index contributed by atoms with van der Waals surface area (Å²) in [5, 5.41) is 10.8. The molecule has 0 radical (unpaired) electrons. The molecular weight excluding hydrogens is 529 g/mol. The van der Waals surface area contributed by atoms with Gasteiger partial charge in [-0.3, -0.25) is 4.79 Å². The van der Waals surface area contributed by atoms with Gasteiger partial charge in [0.25, 0.3) is 5.91 Å². The zero-order valence-electron chi connectivity index (χ0n) is 23.8. The van der Waals surface area contributed by atoms with Gasteiger partial charge in [0.1, 0.15) is 23.3 Å². The van der Waals surface area contributed by atoms with E-state index in [4.69, 9.17) is 9.97 Å². The number of hydrogen-bond acceptors (Lipinski definition) is 5. The Morgan fingerprint density at radius 1 is 1.07 bits per heavy atom. The number of amides is 1. The lowest BCUT2D eigenvalue weighted by Gasteiger charge is -2.29. The maximum absolute atomic E-state index is 13.9. The summed E-state index contributed by atoms with van der Waals surface area (Å²) in [4.78, 5) is 30.6. The van der Waals surface area contributed by atoms with Gasteiger partial charge in [-0.25, -0.2) is 14.4 Å². The molecule has 1 saturated heterocycles. The number of halogens is 1. The average molecular weight is 564 g/mol. The number of para-hydroxylation sites is 2. The zero-order chi connectivity index (χ0) is 29.4. The highest BCUT2D eigenvalue weighted by atomic mass is 19.1. The van der Waals surface area contributed by atoms with E-state index in [0.29, 0.717) is 17.4 Å². The van der Waals surface area contributed by atoms with E-state index in [9.17, 15) is 14.3 Å². The predicted octanol–water partition coefficient (Wildman–Crippen LogP) is 7.00. The lowest BCUT2D eigenvalue weighted by atomic mass is 9.89. The van der Waals surface area contributed by atoms with Crippen LogP contribution in [0.4, 0.5) is 4.39 Å². The van der Waals surface area contributed by atoms with Crippen molar-refractivity contribution in [3.8, 4) is 11.3 Å². The summed E-state index contributed by atoms with van der Waals surface area (Å²) in [7, 11) is 2.17. The van der Waals surface area contributed by atoms with Gasteiger partial charge < -0.3 is 19.9 Å². The Labute approximate surface area is 244 Å². The number of carbonyl (C=O) groups is 1. The first kappa shape index (κ1) is 27.6. The first-order chi connectivity index (χ1) is 20.3. The van der Waals surface area contributed by atoms with Crippen molar-refractivity contribution in [3.63, 3.8) is 0 Å². The Morgan fingerprint density at radius 3 is 2.52 bits per heavy atom. The minimum atomic E-state index is -0.819. The van der Waals surface area contributed by atoms with Crippen LogP contribution in [0.25, 0.3) is 22.3 Å². The third-order valence-corrected chi connectivity index (χ3v) is 8.29. The van der Waals surface area contributed by atoms with E-state index in [-0.39, 0.29) is 23.8 Å². The average Bonchev–Trinajstić information content (AvgIpc) is 3.57. The number of hydrogen-bond donors (Lipinski definition) is 2. The van der Waals surface area contributed by atoms with Crippen LogP contribution < -0.4 is 0 Å². The van der Waals surface area contributed by atoms with Crippen LogP contribution >= 0.6 is 0 Å². The van der Waals surface area contributed by atoms with Gasteiger partial charge in [0.2, 0.25) is 0 Å². The van der Waals surface area contributed by atoms with Crippen molar-refractivity contribution in [1.29, 1.82) is 0 Å². The third-order valence-electron chi connectivity index (χ3n) is 8.29. The highest BCUT2D eigenvalue weighted by molar-refractivity contribution is 5.97. The number of imidazole rings is 1. The molecule has 8 heteroatoms. The van der Waals surface area contributed by atoms with E-state index in [0.717, 1.165) is 59.9 Å². The highest BCUT2D eigenvalue weighted by Crippen LogP contribution is 2.37. The fourth-order valence-corrected chi connectivity index (χ4v) is 5.87. The number of likely N-dealkylation sites (tertiary alicyclic amines) is 1. The molecule has 1 fully saturated rings. The van der Waals surface area contributed by atoms with E-state index in [1.54, 1.807) is 4.90 Å². The van der Waals surface area contributed by atoms with Crippen molar-refractivity contribution in [2.75, 3.05) is 20.1 Å². The van der Waals surface area contributed by atoms with Gasteiger partial charge in [0.15, 0.2) is 0 Å². The Morgan fingerprint density at radius 2 is 1.81 bits per heavy atom. The van der Waals surface area contributed by atoms with Crippen LogP contribution in [0, 0.1) is 0 Å². The Bertz CT molecular complexity index is 1680. The number of fused-ring (bicyclic) bond motifs is 2. The van der Waals surface area contributed by atoms with Crippen LogP contribution in [-0.2, 0) is 6.54 Å². The van der Waals surface area contributed by atoms with E-state index in [1.807, 2.05) is 36.4 Å². The Balaban J connectivity index is 1.30. The van der Waals surface area contributed by atoms with Gasteiger partial charge in [0.05, 0.1) is 22.6 Å². The first-order valence-corrected chi connectivity index (χ1v) is 14.2. The van der Waals surface area contributed by atoms with Crippen molar-refractivity contribution < 1.29 is 14.3 Å². The topological polar surface area (TPSA) is 85.3 Å². The quantitative estimate of drug-likeness (QED) is 0.187. The summed E-state index contributed by atoms with van der Waals surface area (Å²) in [5.41, 5.74) is 5.90. The van der Waals surface area contributed by atoms with Crippen LogP contribution in [-0.4, -0.2) is 55.9 Å². The van der Waals surface area contributed by atoms with Gasteiger partial charge in [0, 0.05) is 23.2 Å². The summed E-state index contributed by atoms with van der Waals surface area (Å²) in [6.07, 6.45) is 4.71. The SMILES string of the molecule is C=C(/C(O)=C\C=C(/C)F)[C@@H](c1nc2ccccc2[nH]1)N1Cc2ccc(-c3ccc(C4CCN(C)CC4)cc3)nc2C1=O. The number of piperidine rings is 1. The molecule has 6 rings (SSSR count). The molecule has 1 atom stereocenters. The Kier molecular flexibility index (Phi) is 7.47. The minimum absolute atomic E-state index is 0.220. The monoisotopic (exact) mass is 563 g/mol. The largest absolute Gasteiger partial charge is 0.508 e. The molecule has 0 spiro atoms. The smallest absolute Gasteiger partial charge is 0.274 e. The van der Waals surface area contributed by atoms with Crippen LogP contribution in [0.3, 0.4) is 0 Å². The summed E-state index contributed by atoms with van der Waals surface area (Å²) >= 11 is 0. The van der Waals surface area contributed by atoms with Crippen LogP contribution in [0.2, 0.25) is 0 Å². The van der Waals surface area contributed by atoms with Gasteiger partial charge in [-0.05, 0) is 81.7 Å². The number of aromatic nitrogens is 3. The van der Waals surface area contributed by atoms with E-state index < -0.39 is 11.9 Å². The lowest BCUT2D eigenvalue weighted by Crippen LogP contribution is -2.31. The second-order valence-electron chi connectivity index (χ2n) is 11.2. The van der Waals surface area contributed by atoms with E-state index in [2.05, 4.69) is 47.8 Å². The molecule has 42 heavy (non-hydrogen) atoms. The fourth-order valence-electron chi connectivity index (χ4n) is 5.87. The summed E-state index contributed by atoms with van der Waals surface area (Å²) in [5.74, 6) is 0.0331. The molecule has 2 N–H and O–H groups in total. The molecule has 214 valence electrons. The molecule has 0 saturated carbocycles. The number of H-pyrrole nitrogens is 1. The molecule has 7 nitrogen and oxygen atoms in total. The molecule has 0 unspecified atom stereocenters. The molecule has 2 aliphatic rings. The second kappa shape index (κ2) is 11.4. The number of carbonyl (C=O) groups excluding carboxylic acids is 1. The zero-order valence-corrected chi connectivity index (χ0v) is 23.8. The molecule has 2 aromatic heterocycles. The van der Waals surface area contributed by atoms with E-state index in [1.165, 1.54) is 18.6 Å². The first-order valence-electron chi connectivity index (χ1n) is 14.2. The summed E-state index contributed by atoms with van der Waals surface area (Å²) in [6.45, 7) is 7.86. The standard InChI is InChI=1S/C34H34FN5O2/c1-21(35)8-15-30(41)22(2)32(33-37-28-6-4-5-7-29(28)38-33)40-20-26-13-14-27(36-31(26)34(40)42)25-11-9-23(10-12-25)24-16-18-39(3)19-17-24/h4-15,24,32,41H,2,16-20H2,1,3H3,(H,37,38)/b21-8+,30-15+/t32-/m0/s1. The van der Waals surface area contributed by atoms with Crippen LogP contribution in [0.15, 0.2) is 96.6 Å². The summed E-state index contributed by atoms with van der Waals surface area (Å²) in [6, 6.07) is 19.1. The van der Waals surface area contributed by atoms with Crippen molar-refractivity contribution in [2.45, 2.75) is 38.3 Å². The lowest BCUT2D eigenvalue weighted by molar-refractivity contribution is 0.0716. The van der Waals surface area contributed by atoms with Crippen LogP contribution in [0.5, 0.6) is 0 Å². The number of aliphatic hydroxyl groups excluding tert-OH is 1. The fraction of sp³-hybridized carbons (Fsp3) is 0.265. The van der Waals surface area contributed by atoms with Gasteiger partial charge in [-0.1, -0.05) is 49.0 Å². The number of aromatic amines is 1. The minimum Gasteiger partial charge on any atom is -0.508 e. The molecule has 4 heterocycles. The van der Waals surface area contributed by atoms with Gasteiger partial charge >= 0.3 is 0 Å². The molecule has 0 bridgehead atoms. The third kappa shape index (κ3) is 5.37. The number of aliphatic hydroxyl groups is 1. The number of nitrogens with one attached hydrogen (secondary N) is 1. The molecule has 2 aliphatic heterocycles. The normalized spacial score (nSPS) is 17.6. The second-order valence-corrected chi connectivity index (χ2v) is 11.2. The number of allylic oxidation sites excluding steroid dienone is 3. The predicted molar refractivity (Wildman–Crippen MR) is 163 cm³/mol. The van der Waals surface area contributed by atoms with Gasteiger partial charge in [-0.15, -0.1) is 0 Å². The van der Waals surface area contributed by atoms with Crippen molar-refractivity contribution in [1.82, 2.24) is 24.8 Å².